The molecule has 3 aromatic carbocycles. The van der Waals surface area contributed by atoms with Gasteiger partial charge < -0.3 is 19.3 Å². The van der Waals surface area contributed by atoms with Gasteiger partial charge in [-0.1, -0.05) is 56.6 Å². The number of nitrogens with zero attached hydrogens (tertiary/aromatic N) is 1. The fourth-order valence-electron chi connectivity index (χ4n) is 3.25. The molecule has 3 aromatic rings. The number of methoxy groups -OCH3 is 2. The Bertz CT molecular complexity index is 1190. The van der Waals surface area contributed by atoms with E-state index in [1.54, 1.807) is 12.1 Å². The van der Waals surface area contributed by atoms with Crippen LogP contribution in [0.4, 0.5) is 0 Å². The molecule has 0 saturated heterocycles. The Balaban J connectivity index is 1.72. The number of hydrazone groups is 1. The fourth-order valence-corrected chi connectivity index (χ4v) is 3.43. The Morgan fingerprint density at radius 1 is 1.03 bits per heavy atom. The van der Waals surface area contributed by atoms with E-state index in [4.69, 9.17) is 25.8 Å². The number of benzene rings is 3. The Kier molecular flexibility index (Phi) is 8.25. The Morgan fingerprint density at radius 2 is 1.66 bits per heavy atom. The molecule has 0 aliphatic heterocycles. The van der Waals surface area contributed by atoms with E-state index >= 15 is 0 Å². The summed E-state index contributed by atoms with van der Waals surface area (Å²) in [5, 5.41) is 13.6. The van der Waals surface area contributed by atoms with Crippen molar-refractivity contribution in [3.8, 4) is 23.0 Å². The molecule has 0 unspecified atom stereocenters. The number of amides is 1. The van der Waals surface area contributed by atoms with Crippen molar-refractivity contribution in [3.63, 3.8) is 0 Å². The van der Waals surface area contributed by atoms with E-state index < -0.39 is 5.91 Å². The van der Waals surface area contributed by atoms with Crippen LogP contribution in [0, 0.1) is 0 Å². The van der Waals surface area contributed by atoms with E-state index in [9.17, 15) is 9.90 Å². The summed E-state index contributed by atoms with van der Waals surface area (Å²) in [5.41, 5.74) is 5.67. The van der Waals surface area contributed by atoms with Gasteiger partial charge in [0.05, 0.1) is 25.5 Å². The van der Waals surface area contributed by atoms with E-state index in [-0.39, 0.29) is 21.8 Å². The molecule has 0 bridgehead atoms. The number of hydrogen-bond donors (Lipinski definition) is 2. The monoisotopic (exact) mass is 496 g/mol. The molecule has 0 fully saturated rings. The van der Waals surface area contributed by atoms with Crippen LogP contribution in [-0.4, -0.2) is 31.4 Å². The molecule has 184 valence electrons. The Morgan fingerprint density at radius 3 is 2.20 bits per heavy atom. The highest BCUT2D eigenvalue weighted by Gasteiger charge is 2.16. The van der Waals surface area contributed by atoms with E-state index in [1.807, 2.05) is 12.1 Å². The smallest absolute Gasteiger partial charge is 0.271 e. The average molecular weight is 497 g/mol. The standard InChI is InChI=1S/C27H29ClN2O5/c1-27(2,3)20-9-6-17(7-10-20)16-35-25-23(33-4)12-18(13-24(25)34-5)15-29-30-26(32)19-8-11-22(31)21(28)14-19/h6-15,31H,16H2,1-5H3,(H,30,32)/b29-15+. The van der Waals surface area contributed by atoms with E-state index in [0.29, 0.717) is 29.4 Å². The normalized spacial score (nSPS) is 11.4. The van der Waals surface area contributed by atoms with Crippen molar-refractivity contribution in [2.45, 2.75) is 32.8 Å². The second-order valence-electron chi connectivity index (χ2n) is 8.86. The van der Waals surface area contributed by atoms with Gasteiger partial charge in [0.1, 0.15) is 12.4 Å². The molecular formula is C27H29ClN2O5. The average Bonchev–Trinajstić information content (AvgIpc) is 2.83. The summed E-state index contributed by atoms with van der Waals surface area (Å²) in [6.45, 7) is 6.87. The van der Waals surface area contributed by atoms with Crippen LogP contribution < -0.4 is 19.6 Å². The molecule has 0 aliphatic carbocycles. The van der Waals surface area contributed by atoms with Crippen LogP contribution >= 0.6 is 11.6 Å². The number of halogens is 1. The van der Waals surface area contributed by atoms with Gasteiger partial charge in [0, 0.05) is 11.1 Å². The maximum atomic E-state index is 12.3. The molecule has 0 heterocycles. The van der Waals surface area contributed by atoms with Crippen molar-refractivity contribution >= 4 is 23.7 Å². The minimum Gasteiger partial charge on any atom is -0.506 e. The Hall–Kier alpha value is -3.71. The molecule has 0 radical (unpaired) electrons. The number of carbonyl (C=O) groups excluding carboxylic acids is 1. The SMILES string of the molecule is COc1cc(/C=N/NC(=O)c2ccc(O)c(Cl)c2)cc(OC)c1OCc1ccc(C(C)(C)C)cc1. The van der Waals surface area contributed by atoms with Crippen molar-refractivity contribution in [1.29, 1.82) is 0 Å². The van der Waals surface area contributed by atoms with Gasteiger partial charge in [-0.2, -0.15) is 5.10 Å². The van der Waals surface area contributed by atoms with Crippen LogP contribution in [0.3, 0.4) is 0 Å². The molecule has 0 spiro atoms. The maximum Gasteiger partial charge on any atom is 0.271 e. The third-order valence-electron chi connectivity index (χ3n) is 5.28. The lowest BCUT2D eigenvalue weighted by Crippen LogP contribution is -2.17. The first-order valence-corrected chi connectivity index (χ1v) is 11.3. The zero-order valence-electron chi connectivity index (χ0n) is 20.4. The van der Waals surface area contributed by atoms with Gasteiger partial charge in [0.2, 0.25) is 5.75 Å². The van der Waals surface area contributed by atoms with Crippen molar-refractivity contribution < 1.29 is 24.1 Å². The van der Waals surface area contributed by atoms with Crippen molar-refractivity contribution in [1.82, 2.24) is 5.43 Å². The predicted molar refractivity (Wildman–Crippen MR) is 137 cm³/mol. The highest BCUT2D eigenvalue weighted by molar-refractivity contribution is 6.32. The number of ether oxygens (including phenoxy) is 3. The number of phenolic OH excluding ortho intramolecular Hbond substituents is 1. The zero-order chi connectivity index (χ0) is 25.6. The lowest BCUT2D eigenvalue weighted by molar-refractivity contribution is 0.0955. The largest absolute Gasteiger partial charge is 0.506 e. The fraction of sp³-hybridized carbons (Fsp3) is 0.259. The van der Waals surface area contributed by atoms with E-state index in [1.165, 1.54) is 44.2 Å². The van der Waals surface area contributed by atoms with Crippen LogP contribution in [0.1, 0.15) is 47.8 Å². The van der Waals surface area contributed by atoms with Crippen LogP contribution in [0.2, 0.25) is 5.02 Å². The van der Waals surface area contributed by atoms with Gasteiger partial charge in [0.15, 0.2) is 11.5 Å². The number of aromatic hydroxyl groups is 1. The zero-order valence-corrected chi connectivity index (χ0v) is 21.1. The summed E-state index contributed by atoms with van der Waals surface area (Å²) in [5.74, 6) is 0.826. The van der Waals surface area contributed by atoms with Gasteiger partial charge in [0.25, 0.3) is 5.91 Å². The third kappa shape index (κ3) is 6.67. The van der Waals surface area contributed by atoms with Crippen molar-refractivity contribution in [3.05, 3.63) is 81.9 Å². The van der Waals surface area contributed by atoms with Gasteiger partial charge in [-0.3, -0.25) is 4.79 Å². The predicted octanol–water partition coefficient (Wildman–Crippen LogP) is 5.70. The van der Waals surface area contributed by atoms with Gasteiger partial charge in [-0.15, -0.1) is 0 Å². The van der Waals surface area contributed by atoms with E-state index in [2.05, 4.69) is 43.4 Å². The first-order chi connectivity index (χ1) is 16.6. The molecule has 0 aliphatic rings. The van der Waals surface area contributed by atoms with Gasteiger partial charge >= 0.3 is 0 Å². The summed E-state index contributed by atoms with van der Waals surface area (Å²) in [6, 6.07) is 15.9. The lowest BCUT2D eigenvalue weighted by atomic mass is 9.87. The molecule has 35 heavy (non-hydrogen) atoms. The molecule has 2 N–H and O–H groups in total. The first kappa shape index (κ1) is 25.9. The van der Waals surface area contributed by atoms with Crippen molar-refractivity contribution in [2.24, 2.45) is 5.10 Å². The number of phenols is 1. The minimum atomic E-state index is -0.473. The Labute approximate surface area is 210 Å². The van der Waals surface area contributed by atoms with Crippen LogP contribution in [-0.2, 0) is 12.0 Å². The van der Waals surface area contributed by atoms with Gasteiger partial charge in [-0.05, 0) is 46.9 Å². The quantitative estimate of drug-likeness (QED) is 0.308. The third-order valence-corrected chi connectivity index (χ3v) is 5.58. The summed E-state index contributed by atoms with van der Waals surface area (Å²) < 4.78 is 17.1. The van der Waals surface area contributed by atoms with Crippen LogP contribution in [0.5, 0.6) is 23.0 Å². The highest BCUT2D eigenvalue weighted by Crippen LogP contribution is 2.39. The second-order valence-corrected chi connectivity index (χ2v) is 9.26. The summed E-state index contributed by atoms with van der Waals surface area (Å²) in [4.78, 5) is 12.3. The summed E-state index contributed by atoms with van der Waals surface area (Å²) >= 11 is 5.85. The molecule has 1 amide bonds. The number of carbonyl (C=O) groups is 1. The van der Waals surface area contributed by atoms with Crippen molar-refractivity contribution in [2.75, 3.05) is 14.2 Å². The molecule has 0 aromatic heterocycles. The van der Waals surface area contributed by atoms with Gasteiger partial charge in [-0.25, -0.2) is 5.43 Å². The molecule has 7 nitrogen and oxygen atoms in total. The van der Waals surface area contributed by atoms with E-state index in [0.717, 1.165) is 5.56 Å². The number of rotatable bonds is 8. The number of nitrogens with one attached hydrogen (secondary N) is 1. The number of hydrogen-bond acceptors (Lipinski definition) is 6. The topological polar surface area (TPSA) is 89.4 Å². The first-order valence-electron chi connectivity index (χ1n) is 10.9. The summed E-state index contributed by atoms with van der Waals surface area (Å²) in [7, 11) is 3.08. The molecule has 0 saturated carbocycles. The molecule has 3 rings (SSSR count). The molecule has 0 atom stereocenters. The van der Waals surface area contributed by atoms with Crippen LogP contribution in [0.25, 0.3) is 0 Å². The lowest BCUT2D eigenvalue weighted by Gasteiger charge is -2.19. The highest BCUT2D eigenvalue weighted by atomic mass is 35.5. The second kappa shape index (κ2) is 11.1. The summed E-state index contributed by atoms with van der Waals surface area (Å²) in [6.07, 6.45) is 1.46. The molecule has 8 heteroatoms. The molecular weight excluding hydrogens is 468 g/mol. The maximum absolute atomic E-state index is 12.3. The minimum absolute atomic E-state index is 0.0804. The van der Waals surface area contributed by atoms with Crippen LogP contribution in [0.15, 0.2) is 59.7 Å².